The van der Waals surface area contributed by atoms with Gasteiger partial charge < -0.3 is 20.5 Å². The summed E-state index contributed by atoms with van der Waals surface area (Å²) in [5.41, 5.74) is 5.18. The van der Waals surface area contributed by atoms with E-state index in [1.54, 1.807) is 4.90 Å². The maximum atomic E-state index is 12.1. The van der Waals surface area contributed by atoms with E-state index in [9.17, 15) is 9.59 Å². The molecule has 1 saturated heterocycles. The monoisotopic (exact) mass is 286 g/mol. The summed E-state index contributed by atoms with van der Waals surface area (Å²) in [7, 11) is 0. The number of amides is 1. The largest absolute Gasteiger partial charge is 0.480 e. The normalized spacial score (nSPS) is 18.8. The number of aliphatic carboxylic acids is 1. The van der Waals surface area contributed by atoms with E-state index < -0.39 is 11.6 Å². The topological polar surface area (TPSA) is 92.9 Å². The summed E-state index contributed by atoms with van der Waals surface area (Å²) in [5.74, 6) is -0.167. The van der Waals surface area contributed by atoms with Gasteiger partial charge in [-0.2, -0.15) is 0 Å². The van der Waals surface area contributed by atoms with E-state index in [0.29, 0.717) is 32.0 Å². The number of hydrogen-bond acceptors (Lipinski definition) is 4. The summed E-state index contributed by atoms with van der Waals surface area (Å²) in [6.07, 6.45) is 1.41. The van der Waals surface area contributed by atoms with E-state index in [4.69, 9.17) is 15.6 Å². The van der Waals surface area contributed by atoms with Gasteiger partial charge in [0, 0.05) is 6.42 Å². The summed E-state index contributed by atoms with van der Waals surface area (Å²) in [4.78, 5) is 24.3. The molecule has 1 amide bonds. The number of likely N-dealkylation sites (tertiary alicyclic amines) is 1. The Hall–Kier alpha value is -1.14. The van der Waals surface area contributed by atoms with Crippen molar-refractivity contribution in [2.45, 2.75) is 39.2 Å². The van der Waals surface area contributed by atoms with E-state index in [-0.39, 0.29) is 18.4 Å². The van der Waals surface area contributed by atoms with Crippen molar-refractivity contribution in [1.82, 2.24) is 4.90 Å². The molecule has 1 heterocycles. The van der Waals surface area contributed by atoms with Crippen molar-refractivity contribution in [1.29, 1.82) is 0 Å². The highest BCUT2D eigenvalue weighted by atomic mass is 16.5. The van der Waals surface area contributed by atoms with Gasteiger partial charge in [0.25, 0.3) is 0 Å². The van der Waals surface area contributed by atoms with Crippen LogP contribution in [-0.4, -0.2) is 53.7 Å². The summed E-state index contributed by atoms with van der Waals surface area (Å²) in [5, 5.41) is 8.59. The first-order chi connectivity index (χ1) is 9.25. The lowest BCUT2D eigenvalue weighted by Crippen LogP contribution is -2.63. The number of rotatable bonds is 8. The van der Waals surface area contributed by atoms with Gasteiger partial charge in [-0.3, -0.25) is 4.79 Å². The highest BCUT2D eigenvalue weighted by Gasteiger charge is 2.42. The number of nitrogens with two attached hydrogens (primary N) is 1. The van der Waals surface area contributed by atoms with Gasteiger partial charge in [0.05, 0.1) is 13.1 Å². The third kappa shape index (κ3) is 5.09. The van der Waals surface area contributed by atoms with Crippen molar-refractivity contribution in [3.05, 3.63) is 0 Å². The van der Waals surface area contributed by atoms with Crippen LogP contribution in [0.15, 0.2) is 0 Å². The van der Waals surface area contributed by atoms with E-state index >= 15 is 0 Å². The first-order valence-electron chi connectivity index (χ1n) is 7.09. The third-order valence-corrected chi connectivity index (χ3v) is 3.55. The van der Waals surface area contributed by atoms with Crippen LogP contribution in [0.4, 0.5) is 0 Å². The minimum Gasteiger partial charge on any atom is -0.480 e. The van der Waals surface area contributed by atoms with E-state index in [1.807, 2.05) is 6.92 Å². The molecule has 0 spiro atoms. The van der Waals surface area contributed by atoms with Crippen molar-refractivity contribution in [3.8, 4) is 0 Å². The predicted octanol–water partition coefficient (Wildman–Crippen LogP) is 0.700. The maximum Gasteiger partial charge on any atom is 0.329 e. The van der Waals surface area contributed by atoms with Gasteiger partial charge in [-0.25, -0.2) is 4.79 Å². The molecular weight excluding hydrogens is 260 g/mol. The third-order valence-electron chi connectivity index (χ3n) is 3.55. The predicted molar refractivity (Wildman–Crippen MR) is 75.2 cm³/mol. The average Bonchev–Trinajstić information content (AvgIpc) is 2.31. The van der Waals surface area contributed by atoms with Crippen LogP contribution < -0.4 is 5.73 Å². The zero-order chi connectivity index (χ0) is 15.3. The van der Waals surface area contributed by atoms with E-state index in [2.05, 4.69) is 13.8 Å². The summed E-state index contributed by atoms with van der Waals surface area (Å²) in [6.45, 7) is 7.17. The number of carboxylic acids is 1. The number of nitrogens with zero attached hydrogens (tertiary/aromatic N) is 1. The van der Waals surface area contributed by atoms with Gasteiger partial charge in [-0.05, 0) is 31.7 Å². The maximum absolute atomic E-state index is 12.1. The number of carbonyl (C=O) groups excluding carboxylic acids is 1. The van der Waals surface area contributed by atoms with Crippen molar-refractivity contribution in [2.75, 3.05) is 26.2 Å². The summed E-state index contributed by atoms with van der Waals surface area (Å²) in [6, 6.07) is 0. The summed E-state index contributed by atoms with van der Waals surface area (Å²) >= 11 is 0. The molecule has 1 rings (SSSR count). The van der Waals surface area contributed by atoms with E-state index in [1.165, 1.54) is 0 Å². The molecule has 116 valence electrons. The molecule has 0 radical (unpaired) electrons. The molecule has 1 atom stereocenters. The Morgan fingerprint density at radius 2 is 2.00 bits per heavy atom. The van der Waals surface area contributed by atoms with Gasteiger partial charge in [0.1, 0.15) is 12.2 Å². The smallest absolute Gasteiger partial charge is 0.329 e. The average molecular weight is 286 g/mol. The molecule has 6 heteroatoms. The fraction of sp³-hybridized carbons (Fsp3) is 0.857. The van der Waals surface area contributed by atoms with Crippen LogP contribution in [0.1, 0.15) is 33.6 Å². The Kier molecular flexibility index (Phi) is 5.95. The fourth-order valence-corrected chi connectivity index (χ4v) is 2.57. The first-order valence-corrected chi connectivity index (χ1v) is 7.09. The molecule has 3 N–H and O–H groups in total. The van der Waals surface area contributed by atoms with Gasteiger partial charge in [0.15, 0.2) is 0 Å². The standard InChI is InChI=1S/C14H26N2O4/c1-10(2)4-11(6-15)5-12(17)16-8-14(3,9-16)20-7-13(18)19/h10-11H,4-9,15H2,1-3H3,(H,18,19). The van der Waals surface area contributed by atoms with Crippen molar-refractivity contribution in [3.63, 3.8) is 0 Å². The SMILES string of the molecule is CC(C)CC(CN)CC(=O)N1CC(C)(OCC(=O)O)C1. The molecule has 0 aromatic rings. The van der Waals surface area contributed by atoms with Crippen molar-refractivity contribution >= 4 is 11.9 Å². The quantitative estimate of drug-likeness (QED) is 0.685. The van der Waals surface area contributed by atoms with Gasteiger partial charge in [0.2, 0.25) is 5.91 Å². The zero-order valence-electron chi connectivity index (χ0n) is 12.6. The molecule has 1 aliphatic rings. The lowest BCUT2D eigenvalue weighted by molar-refractivity contribution is -0.173. The van der Waals surface area contributed by atoms with Crippen molar-refractivity contribution < 1.29 is 19.4 Å². The molecule has 20 heavy (non-hydrogen) atoms. The zero-order valence-corrected chi connectivity index (χ0v) is 12.6. The van der Waals surface area contributed by atoms with Crippen LogP contribution >= 0.6 is 0 Å². The van der Waals surface area contributed by atoms with Crippen LogP contribution in [0, 0.1) is 11.8 Å². The summed E-state index contributed by atoms with van der Waals surface area (Å²) < 4.78 is 5.29. The Labute approximate surface area is 120 Å². The van der Waals surface area contributed by atoms with E-state index in [0.717, 1.165) is 6.42 Å². The molecule has 0 saturated carbocycles. The fourth-order valence-electron chi connectivity index (χ4n) is 2.57. The number of hydrogen-bond donors (Lipinski definition) is 2. The Morgan fingerprint density at radius 1 is 1.40 bits per heavy atom. The molecule has 0 aliphatic carbocycles. The molecule has 0 bridgehead atoms. The van der Waals surface area contributed by atoms with Gasteiger partial charge in [-0.15, -0.1) is 0 Å². The first kappa shape index (κ1) is 16.9. The number of carboxylic acid groups (broad SMARTS) is 1. The van der Waals surface area contributed by atoms with Crippen LogP contribution in [-0.2, 0) is 14.3 Å². The van der Waals surface area contributed by atoms with Crippen LogP contribution in [0.3, 0.4) is 0 Å². The molecule has 0 aromatic carbocycles. The Bertz CT molecular complexity index is 351. The second-order valence-corrected chi connectivity index (χ2v) is 6.32. The molecule has 1 fully saturated rings. The van der Waals surface area contributed by atoms with Crippen molar-refractivity contribution in [2.24, 2.45) is 17.6 Å². The minimum atomic E-state index is -0.990. The highest BCUT2D eigenvalue weighted by Crippen LogP contribution is 2.26. The van der Waals surface area contributed by atoms with Gasteiger partial charge >= 0.3 is 5.97 Å². The second-order valence-electron chi connectivity index (χ2n) is 6.32. The van der Waals surface area contributed by atoms with Crippen LogP contribution in [0.5, 0.6) is 0 Å². The van der Waals surface area contributed by atoms with Gasteiger partial charge in [-0.1, -0.05) is 13.8 Å². The molecule has 6 nitrogen and oxygen atoms in total. The second kappa shape index (κ2) is 7.04. The Balaban J connectivity index is 2.35. The minimum absolute atomic E-state index is 0.0810. The number of ether oxygens (including phenoxy) is 1. The lowest BCUT2D eigenvalue weighted by atomic mass is 9.91. The van der Waals surface area contributed by atoms with Crippen LogP contribution in [0.2, 0.25) is 0 Å². The molecule has 1 aliphatic heterocycles. The molecule has 0 aromatic heterocycles. The lowest BCUT2D eigenvalue weighted by Gasteiger charge is -2.47. The molecule has 1 unspecified atom stereocenters. The van der Waals surface area contributed by atoms with Crippen LogP contribution in [0.25, 0.3) is 0 Å². The Morgan fingerprint density at radius 3 is 2.45 bits per heavy atom. The highest BCUT2D eigenvalue weighted by molar-refractivity contribution is 5.77. The molecular formula is C14H26N2O4. The number of carbonyl (C=O) groups is 2.